The Labute approximate surface area is 257 Å². The normalized spacial score (nSPS) is 10.2. The summed E-state index contributed by atoms with van der Waals surface area (Å²) in [6.45, 7) is 7.84. The van der Waals surface area contributed by atoms with Crippen LogP contribution in [0.3, 0.4) is 0 Å². The first-order valence-corrected chi connectivity index (χ1v) is 14.4. The molecule has 0 fully saturated rings. The zero-order valence-corrected chi connectivity index (χ0v) is 25.3. The number of hydrogen-bond donors (Lipinski definition) is 0. The molecular formula is C32H28ClN8Ni. The molecule has 0 saturated heterocycles. The van der Waals surface area contributed by atoms with Crippen LogP contribution in [0.2, 0.25) is 0 Å². The molecular weight excluding hydrogens is 591 g/mol. The minimum atomic E-state index is 0.769. The number of aryl methyl sites for hydroxylation is 4. The minimum absolute atomic E-state index is 0.769. The summed E-state index contributed by atoms with van der Waals surface area (Å²) in [4.78, 5) is 17.8. The fourth-order valence-electron chi connectivity index (χ4n) is 3.95. The predicted octanol–water partition coefficient (Wildman–Crippen LogP) is 7.12. The fourth-order valence-corrected chi connectivity index (χ4v) is 3.95. The second-order valence-corrected chi connectivity index (χ2v) is 9.26. The molecule has 0 N–H and O–H groups in total. The van der Waals surface area contributed by atoms with Crippen LogP contribution in [0, 0.1) is 27.7 Å². The van der Waals surface area contributed by atoms with Gasteiger partial charge in [-0.25, -0.2) is 0 Å². The summed E-state index contributed by atoms with van der Waals surface area (Å²) in [6, 6.07) is 31.1. The predicted molar refractivity (Wildman–Crippen MR) is 162 cm³/mol. The third kappa shape index (κ3) is 8.29. The average Bonchev–Trinajstić information content (AvgIpc) is 3.03. The van der Waals surface area contributed by atoms with Crippen LogP contribution in [0.15, 0.2) is 97.1 Å². The zero-order valence-electron chi connectivity index (χ0n) is 23.5. The van der Waals surface area contributed by atoms with Gasteiger partial charge in [-0.2, -0.15) is 0 Å². The van der Waals surface area contributed by atoms with Crippen LogP contribution < -0.4 is 0 Å². The number of nitrogens with zero attached hydrogens (tertiary/aromatic N) is 8. The Balaban J connectivity index is 0.000000182. The SMILES string of the molecule is Cc1cccc(-c2ccc(-c3cccc(C)n3)nn2)n1.Cc1cccc(-c2ccc(-c3cccc(C)n3)nn2)n1.[Cl][Ni]. The number of pyridine rings is 4. The summed E-state index contributed by atoms with van der Waals surface area (Å²) in [7, 11) is 4.26. The van der Waals surface area contributed by atoms with Gasteiger partial charge in [0.05, 0.1) is 22.8 Å². The monoisotopic (exact) mass is 617 g/mol. The van der Waals surface area contributed by atoms with Gasteiger partial charge in [-0.3, -0.25) is 19.9 Å². The van der Waals surface area contributed by atoms with E-state index in [0.29, 0.717) is 0 Å². The van der Waals surface area contributed by atoms with E-state index in [1.807, 2.05) is 125 Å². The molecule has 6 aromatic heterocycles. The van der Waals surface area contributed by atoms with Crippen molar-refractivity contribution in [1.29, 1.82) is 0 Å². The van der Waals surface area contributed by atoms with E-state index >= 15 is 0 Å². The standard InChI is InChI=1S/2C16H14N4.ClH.Ni/c2*1-11-5-3-7-13(17-11)15-9-10-16(20-19-15)14-8-4-6-12(2)18-14;;/h2*3-10H,1-2H3;1H;/q;;;+1/p-1. The maximum atomic E-state index is 4.44. The fraction of sp³-hybridized carbons (Fsp3) is 0.125. The van der Waals surface area contributed by atoms with E-state index in [0.717, 1.165) is 68.3 Å². The van der Waals surface area contributed by atoms with Crippen LogP contribution in [0.25, 0.3) is 45.6 Å². The van der Waals surface area contributed by atoms with E-state index in [1.54, 1.807) is 0 Å². The third-order valence-corrected chi connectivity index (χ3v) is 5.93. The Hall–Kier alpha value is -4.46. The molecule has 0 amide bonds. The molecule has 6 aromatic rings. The van der Waals surface area contributed by atoms with Gasteiger partial charge in [0.15, 0.2) is 0 Å². The number of aromatic nitrogens is 8. The molecule has 0 aliphatic rings. The first-order valence-electron chi connectivity index (χ1n) is 13.0. The Bertz CT molecular complexity index is 1490. The summed E-state index contributed by atoms with van der Waals surface area (Å²) in [5, 5.41) is 17.0. The quantitative estimate of drug-likeness (QED) is 0.192. The van der Waals surface area contributed by atoms with Gasteiger partial charge in [-0.05, 0) is 100 Å². The van der Waals surface area contributed by atoms with Crippen molar-refractivity contribution in [2.24, 2.45) is 0 Å². The number of halogens is 1. The summed E-state index contributed by atoms with van der Waals surface area (Å²) >= 11 is 3.35. The molecule has 0 unspecified atom stereocenters. The van der Waals surface area contributed by atoms with Crippen LogP contribution in [0.5, 0.6) is 0 Å². The molecule has 0 bridgehead atoms. The molecule has 6 rings (SSSR count). The van der Waals surface area contributed by atoms with Gasteiger partial charge in [-0.1, -0.05) is 24.3 Å². The molecule has 0 radical (unpaired) electrons. The molecule has 0 atom stereocenters. The molecule has 0 spiro atoms. The van der Waals surface area contributed by atoms with Gasteiger partial charge in [0.2, 0.25) is 0 Å². The average molecular weight is 619 g/mol. The zero-order chi connectivity index (χ0) is 29.9. The van der Waals surface area contributed by atoms with Gasteiger partial charge in [0.1, 0.15) is 22.8 Å². The molecule has 42 heavy (non-hydrogen) atoms. The van der Waals surface area contributed by atoms with Crippen LogP contribution in [-0.2, 0) is 14.6 Å². The van der Waals surface area contributed by atoms with Crippen LogP contribution >= 0.6 is 10.2 Å². The second kappa shape index (κ2) is 15.0. The van der Waals surface area contributed by atoms with Crippen molar-refractivity contribution in [3.63, 3.8) is 0 Å². The molecule has 213 valence electrons. The summed E-state index contributed by atoms with van der Waals surface area (Å²) in [6.07, 6.45) is 0. The Morgan fingerprint density at radius 3 is 0.714 bits per heavy atom. The van der Waals surface area contributed by atoms with Crippen molar-refractivity contribution in [2.45, 2.75) is 27.7 Å². The van der Waals surface area contributed by atoms with Crippen LogP contribution in [0.4, 0.5) is 0 Å². The van der Waals surface area contributed by atoms with E-state index in [1.165, 1.54) is 0 Å². The Morgan fingerprint density at radius 2 is 0.548 bits per heavy atom. The van der Waals surface area contributed by atoms with Crippen molar-refractivity contribution in [1.82, 2.24) is 40.3 Å². The molecule has 8 nitrogen and oxygen atoms in total. The van der Waals surface area contributed by atoms with Crippen molar-refractivity contribution < 1.29 is 14.6 Å². The van der Waals surface area contributed by atoms with Crippen LogP contribution in [0.1, 0.15) is 22.8 Å². The molecule has 0 saturated carbocycles. The van der Waals surface area contributed by atoms with Gasteiger partial charge >= 0.3 is 24.8 Å². The first kappa shape index (κ1) is 30.5. The Morgan fingerprint density at radius 1 is 0.333 bits per heavy atom. The maximum absolute atomic E-state index is 4.44. The molecule has 10 heteroatoms. The number of rotatable bonds is 4. The third-order valence-electron chi connectivity index (χ3n) is 5.93. The van der Waals surface area contributed by atoms with E-state index in [9.17, 15) is 0 Å². The van der Waals surface area contributed by atoms with Gasteiger partial charge in [0.25, 0.3) is 0 Å². The van der Waals surface area contributed by atoms with Gasteiger partial charge in [-0.15, -0.1) is 20.4 Å². The van der Waals surface area contributed by atoms with E-state index in [4.69, 9.17) is 0 Å². The van der Waals surface area contributed by atoms with Crippen molar-refractivity contribution in [2.75, 3.05) is 0 Å². The van der Waals surface area contributed by atoms with Crippen molar-refractivity contribution in [3.05, 3.63) is 120 Å². The van der Waals surface area contributed by atoms with Crippen LogP contribution in [-0.4, -0.2) is 40.3 Å². The first-order chi connectivity index (χ1) is 20.4. The number of hydrogen-bond acceptors (Lipinski definition) is 8. The summed E-state index contributed by atoms with van der Waals surface area (Å²) in [5.41, 5.74) is 10.3. The van der Waals surface area contributed by atoms with Gasteiger partial charge in [0, 0.05) is 22.8 Å². The molecule has 0 aliphatic heterocycles. The van der Waals surface area contributed by atoms with Crippen molar-refractivity contribution in [3.8, 4) is 45.6 Å². The Kier molecular flexibility index (Phi) is 10.9. The summed E-state index contributed by atoms with van der Waals surface area (Å²) in [5.74, 6) is 0. The summed E-state index contributed by atoms with van der Waals surface area (Å²) < 4.78 is 0. The van der Waals surface area contributed by atoms with Gasteiger partial charge < -0.3 is 0 Å². The molecule has 0 aliphatic carbocycles. The van der Waals surface area contributed by atoms with E-state index < -0.39 is 0 Å². The second-order valence-electron chi connectivity index (χ2n) is 9.26. The van der Waals surface area contributed by atoms with E-state index in [2.05, 4.69) is 65.1 Å². The van der Waals surface area contributed by atoms with E-state index in [-0.39, 0.29) is 0 Å². The molecule has 6 heterocycles. The topological polar surface area (TPSA) is 103 Å². The van der Waals surface area contributed by atoms with Crippen molar-refractivity contribution >= 4 is 10.2 Å². The molecule has 0 aromatic carbocycles.